The Hall–Kier alpha value is -0.780. The normalized spacial score (nSPS) is 16.3. The topological polar surface area (TPSA) is 37.8 Å². The van der Waals surface area contributed by atoms with E-state index in [1.54, 1.807) is 11.3 Å². The van der Waals surface area contributed by atoms with E-state index in [9.17, 15) is 0 Å². The Morgan fingerprint density at radius 2 is 2.21 bits per heavy atom. The van der Waals surface area contributed by atoms with Crippen molar-refractivity contribution in [1.29, 1.82) is 0 Å². The molecular formula is C14H19N3S2. The molecule has 0 amide bonds. The third kappa shape index (κ3) is 2.88. The van der Waals surface area contributed by atoms with Gasteiger partial charge in [0.05, 0.1) is 5.69 Å². The molecule has 102 valence electrons. The lowest BCUT2D eigenvalue weighted by Gasteiger charge is -2.13. The summed E-state index contributed by atoms with van der Waals surface area (Å²) in [5.41, 5.74) is 1.34. The molecule has 3 rings (SSSR count). The van der Waals surface area contributed by atoms with E-state index in [1.165, 1.54) is 34.8 Å². The number of thiazole rings is 2. The summed E-state index contributed by atoms with van der Waals surface area (Å²) >= 11 is 3.60. The van der Waals surface area contributed by atoms with Crippen LogP contribution in [-0.2, 0) is 12.8 Å². The highest BCUT2D eigenvalue weighted by molar-refractivity contribution is 7.12. The van der Waals surface area contributed by atoms with E-state index in [2.05, 4.69) is 17.2 Å². The second-order valence-electron chi connectivity index (χ2n) is 4.89. The molecule has 0 saturated heterocycles. The molecule has 0 aromatic carbocycles. The molecule has 1 N–H and O–H groups in total. The van der Waals surface area contributed by atoms with Crippen LogP contribution in [0.4, 0.5) is 0 Å². The van der Waals surface area contributed by atoms with Gasteiger partial charge in [0, 0.05) is 16.5 Å². The van der Waals surface area contributed by atoms with Gasteiger partial charge in [-0.25, -0.2) is 9.97 Å². The average molecular weight is 293 g/mol. The number of nitrogens with one attached hydrogen (secondary N) is 1. The van der Waals surface area contributed by atoms with Gasteiger partial charge in [0.15, 0.2) is 0 Å². The van der Waals surface area contributed by atoms with Crippen molar-refractivity contribution in [1.82, 2.24) is 15.3 Å². The summed E-state index contributed by atoms with van der Waals surface area (Å²) in [5.74, 6) is 0. The van der Waals surface area contributed by atoms with E-state index in [-0.39, 0.29) is 6.04 Å². The standard InChI is InChI=1S/C14H19N3S2/c1-2-7-15-12(13-16-8-9-18-13)14-17-10-5-3-4-6-11(10)19-14/h8-9,12,15H,2-7H2,1H3. The molecule has 0 spiro atoms. The second-order valence-corrected chi connectivity index (χ2v) is 6.93. The largest absolute Gasteiger partial charge is 0.302 e. The molecule has 1 unspecified atom stereocenters. The molecule has 0 bridgehead atoms. The quantitative estimate of drug-likeness (QED) is 0.916. The Balaban J connectivity index is 1.88. The summed E-state index contributed by atoms with van der Waals surface area (Å²) in [4.78, 5) is 10.9. The van der Waals surface area contributed by atoms with Crippen LogP contribution in [0.5, 0.6) is 0 Å². The van der Waals surface area contributed by atoms with Gasteiger partial charge in [-0.1, -0.05) is 6.92 Å². The van der Waals surface area contributed by atoms with Crippen molar-refractivity contribution in [2.24, 2.45) is 0 Å². The zero-order valence-electron chi connectivity index (χ0n) is 11.2. The smallest absolute Gasteiger partial charge is 0.117 e. The molecule has 2 heterocycles. The molecule has 2 aromatic heterocycles. The predicted octanol–water partition coefficient (Wildman–Crippen LogP) is 3.57. The molecule has 0 fully saturated rings. The van der Waals surface area contributed by atoms with Crippen molar-refractivity contribution in [2.45, 2.75) is 45.1 Å². The third-order valence-corrected chi connectivity index (χ3v) is 5.47. The van der Waals surface area contributed by atoms with Gasteiger partial charge in [-0.2, -0.15) is 0 Å². The van der Waals surface area contributed by atoms with Gasteiger partial charge in [0.25, 0.3) is 0 Å². The number of fused-ring (bicyclic) bond motifs is 1. The summed E-state index contributed by atoms with van der Waals surface area (Å²) < 4.78 is 0. The highest BCUT2D eigenvalue weighted by Crippen LogP contribution is 2.33. The molecule has 1 aliphatic rings. The maximum Gasteiger partial charge on any atom is 0.117 e. The predicted molar refractivity (Wildman–Crippen MR) is 81.0 cm³/mol. The Morgan fingerprint density at radius 1 is 1.32 bits per heavy atom. The monoisotopic (exact) mass is 293 g/mol. The van der Waals surface area contributed by atoms with Crippen LogP contribution >= 0.6 is 22.7 Å². The van der Waals surface area contributed by atoms with Crippen molar-refractivity contribution < 1.29 is 0 Å². The van der Waals surface area contributed by atoms with Crippen LogP contribution in [0.2, 0.25) is 0 Å². The lowest BCUT2D eigenvalue weighted by atomic mass is 10.0. The van der Waals surface area contributed by atoms with Crippen LogP contribution in [0.1, 0.15) is 52.8 Å². The number of aryl methyl sites for hydroxylation is 2. The van der Waals surface area contributed by atoms with Crippen LogP contribution < -0.4 is 5.32 Å². The van der Waals surface area contributed by atoms with Crippen molar-refractivity contribution >= 4 is 22.7 Å². The van der Waals surface area contributed by atoms with Gasteiger partial charge >= 0.3 is 0 Å². The summed E-state index contributed by atoms with van der Waals surface area (Å²) in [5, 5.41) is 7.98. The number of rotatable bonds is 5. The van der Waals surface area contributed by atoms with E-state index in [0.29, 0.717) is 0 Å². The zero-order valence-corrected chi connectivity index (χ0v) is 12.8. The van der Waals surface area contributed by atoms with Crippen molar-refractivity contribution in [3.63, 3.8) is 0 Å². The number of nitrogens with zero attached hydrogens (tertiary/aromatic N) is 2. The van der Waals surface area contributed by atoms with Gasteiger partial charge in [-0.15, -0.1) is 22.7 Å². The van der Waals surface area contributed by atoms with Crippen molar-refractivity contribution in [3.05, 3.63) is 32.2 Å². The molecular weight excluding hydrogens is 274 g/mol. The molecule has 19 heavy (non-hydrogen) atoms. The fourth-order valence-corrected chi connectivity index (χ4v) is 4.46. The maximum atomic E-state index is 4.88. The molecule has 0 radical (unpaired) electrons. The summed E-state index contributed by atoms with van der Waals surface area (Å²) in [7, 11) is 0. The van der Waals surface area contributed by atoms with Crippen LogP contribution in [0, 0.1) is 0 Å². The van der Waals surface area contributed by atoms with Crippen molar-refractivity contribution in [2.75, 3.05) is 6.54 Å². The minimum atomic E-state index is 0.190. The number of hydrogen-bond acceptors (Lipinski definition) is 5. The van der Waals surface area contributed by atoms with E-state index in [0.717, 1.165) is 24.4 Å². The Morgan fingerprint density at radius 3 is 2.95 bits per heavy atom. The molecule has 3 nitrogen and oxygen atoms in total. The van der Waals surface area contributed by atoms with Gasteiger partial charge < -0.3 is 5.32 Å². The Labute approximate surface area is 122 Å². The van der Waals surface area contributed by atoms with Gasteiger partial charge in [0.1, 0.15) is 16.1 Å². The first kappa shape index (κ1) is 13.2. The van der Waals surface area contributed by atoms with E-state index in [4.69, 9.17) is 4.98 Å². The van der Waals surface area contributed by atoms with E-state index < -0.39 is 0 Å². The maximum absolute atomic E-state index is 4.88. The highest BCUT2D eigenvalue weighted by Gasteiger charge is 2.23. The highest BCUT2D eigenvalue weighted by atomic mass is 32.1. The van der Waals surface area contributed by atoms with Crippen molar-refractivity contribution in [3.8, 4) is 0 Å². The third-order valence-electron chi connectivity index (χ3n) is 3.41. The molecule has 5 heteroatoms. The Kier molecular flexibility index (Phi) is 4.25. The zero-order chi connectivity index (χ0) is 13.1. The van der Waals surface area contributed by atoms with Crippen LogP contribution in [0.3, 0.4) is 0 Å². The molecule has 1 atom stereocenters. The molecule has 0 aliphatic heterocycles. The number of hydrogen-bond donors (Lipinski definition) is 1. The van der Waals surface area contributed by atoms with E-state index in [1.807, 2.05) is 22.9 Å². The van der Waals surface area contributed by atoms with Crippen LogP contribution in [0.15, 0.2) is 11.6 Å². The molecule has 2 aromatic rings. The second kappa shape index (κ2) is 6.11. The van der Waals surface area contributed by atoms with Crippen LogP contribution in [-0.4, -0.2) is 16.5 Å². The minimum Gasteiger partial charge on any atom is -0.302 e. The fraction of sp³-hybridized carbons (Fsp3) is 0.571. The Bertz CT molecular complexity index is 495. The minimum absolute atomic E-state index is 0.190. The first-order valence-corrected chi connectivity index (χ1v) is 8.69. The van der Waals surface area contributed by atoms with Gasteiger partial charge in [-0.3, -0.25) is 0 Å². The SMILES string of the molecule is CCCNC(c1nccs1)c1nc2c(s1)CCCC2. The first-order chi connectivity index (χ1) is 9.38. The van der Waals surface area contributed by atoms with Crippen LogP contribution in [0.25, 0.3) is 0 Å². The fourth-order valence-electron chi connectivity index (χ4n) is 2.44. The van der Waals surface area contributed by atoms with Gasteiger partial charge in [-0.05, 0) is 38.6 Å². The number of aromatic nitrogens is 2. The average Bonchev–Trinajstić information content (AvgIpc) is 3.08. The first-order valence-electron chi connectivity index (χ1n) is 6.99. The summed E-state index contributed by atoms with van der Waals surface area (Å²) in [6.45, 7) is 3.20. The summed E-state index contributed by atoms with van der Waals surface area (Å²) in [6, 6.07) is 0.190. The summed E-state index contributed by atoms with van der Waals surface area (Å²) in [6.07, 6.45) is 8.00. The van der Waals surface area contributed by atoms with Gasteiger partial charge in [0.2, 0.25) is 0 Å². The molecule has 0 saturated carbocycles. The molecule has 1 aliphatic carbocycles. The lowest BCUT2D eigenvalue weighted by molar-refractivity contribution is 0.590. The van der Waals surface area contributed by atoms with E-state index >= 15 is 0 Å². The lowest BCUT2D eigenvalue weighted by Crippen LogP contribution is -2.23.